The van der Waals surface area contributed by atoms with Gasteiger partial charge in [-0.25, -0.2) is 14.2 Å². The Morgan fingerprint density at radius 2 is 2.03 bits per heavy atom. The number of carbonyl (C=O) groups excluding carboxylic acids is 1. The highest BCUT2D eigenvalue weighted by Crippen LogP contribution is 2.45. The Morgan fingerprint density at radius 3 is 2.76 bits per heavy atom. The zero-order chi connectivity index (χ0) is 24.2. The lowest BCUT2D eigenvalue weighted by atomic mass is 9.94. The summed E-state index contributed by atoms with van der Waals surface area (Å²) in [5.41, 5.74) is 2.42. The first-order chi connectivity index (χ1) is 16.4. The van der Waals surface area contributed by atoms with E-state index in [4.69, 9.17) is 25.8 Å². The van der Waals surface area contributed by atoms with Crippen LogP contribution in [-0.2, 0) is 16.1 Å². The number of nitrogens with zero attached hydrogens (tertiary/aromatic N) is 2. The van der Waals surface area contributed by atoms with Gasteiger partial charge in [-0.2, -0.15) is 0 Å². The van der Waals surface area contributed by atoms with Crippen LogP contribution in [0.1, 0.15) is 37.9 Å². The molecule has 178 valence electrons. The summed E-state index contributed by atoms with van der Waals surface area (Å²) in [7, 11) is 0. The van der Waals surface area contributed by atoms with Crippen LogP contribution in [0.25, 0.3) is 0 Å². The number of fused-ring (bicyclic) bond motifs is 1. The third-order valence-electron chi connectivity index (χ3n) is 5.24. The molecule has 2 aromatic rings. The first-order valence-electron chi connectivity index (χ1n) is 10.8. The second-order valence-corrected chi connectivity index (χ2v) is 8.79. The van der Waals surface area contributed by atoms with E-state index in [1.165, 1.54) is 23.9 Å². The van der Waals surface area contributed by atoms with Crippen molar-refractivity contribution in [2.45, 2.75) is 33.4 Å². The summed E-state index contributed by atoms with van der Waals surface area (Å²) >= 11 is 8.15. The van der Waals surface area contributed by atoms with E-state index in [9.17, 15) is 9.18 Å². The Labute approximate surface area is 207 Å². The van der Waals surface area contributed by atoms with E-state index < -0.39 is 12.0 Å². The molecule has 0 spiro atoms. The second-order valence-electron chi connectivity index (χ2n) is 7.51. The van der Waals surface area contributed by atoms with E-state index >= 15 is 0 Å². The van der Waals surface area contributed by atoms with E-state index in [0.29, 0.717) is 40.0 Å². The molecule has 0 saturated heterocycles. The fourth-order valence-electron chi connectivity index (χ4n) is 3.83. The topological polar surface area (TPSA) is 60.4 Å². The van der Waals surface area contributed by atoms with Crippen molar-refractivity contribution in [3.05, 3.63) is 81.2 Å². The molecule has 2 aliphatic heterocycles. The average Bonchev–Trinajstić information content (AvgIpc) is 3.25. The number of ether oxygens (including phenoxy) is 3. The molecule has 1 atom stereocenters. The number of esters is 1. The molecule has 4 rings (SSSR count). The first kappa shape index (κ1) is 24.2. The number of hydrogen-bond donors (Lipinski definition) is 0. The summed E-state index contributed by atoms with van der Waals surface area (Å²) in [5, 5.41) is 2.99. The van der Waals surface area contributed by atoms with Crippen LogP contribution >= 0.6 is 23.4 Å². The summed E-state index contributed by atoms with van der Waals surface area (Å²) < 4.78 is 30.7. The lowest BCUT2D eigenvalue weighted by Crippen LogP contribution is -2.34. The van der Waals surface area contributed by atoms with Crippen molar-refractivity contribution in [2.75, 3.05) is 13.2 Å². The Morgan fingerprint density at radius 1 is 1.21 bits per heavy atom. The minimum atomic E-state index is -0.494. The number of benzene rings is 2. The quantitative estimate of drug-likeness (QED) is 0.399. The summed E-state index contributed by atoms with van der Waals surface area (Å²) in [6.07, 6.45) is 1.88. The number of aliphatic imine (C=N–C) groups is 1. The smallest absolute Gasteiger partial charge is 0.338 e. The molecule has 34 heavy (non-hydrogen) atoms. The molecule has 0 fully saturated rings. The standard InChI is InChI=1S/C25H24ClFN2O4S/c1-4-31-20-13-17(12-19(26)23(20)33-14-16-7-6-8-18(27)11-16)22-21(24(30)32-5-2)15(3)28-25-29(22)9-10-34-25/h6-13,22H,4-5,14H2,1-3H3/t22-/m0/s1. The monoisotopic (exact) mass is 502 g/mol. The van der Waals surface area contributed by atoms with E-state index in [1.807, 2.05) is 29.5 Å². The maximum atomic E-state index is 13.6. The summed E-state index contributed by atoms with van der Waals surface area (Å²) in [6, 6.07) is 9.24. The Balaban J connectivity index is 1.73. The molecule has 0 radical (unpaired) electrons. The highest BCUT2D eigenvalue weighted by Gasteiger charge is 2.38. The van der Waals surface area contributed by atoms with Crippen molar-refractivity contribution in [3.63, 3.8) is 0 Å². The second kappa shape index (κ2) is 10.5. The Bertz CT molecular complexity index is 1200. The lowest BCUT2D eigenvalue weighted by Gasteiger charge is -2.33. The zero-order valence-electron chi connectivity index (χ0n) is 19.0. The van der Waals surface area contributed by atoms with E-state index in [-0.39, 0.29) is 19.0 Å². The van der Waals surface area contributed by atoms with E-state index in [0.717, 1.165) is 10.7 Å². The van der Waals surface area contributed by atoms with Crippen LogP contribution < -0.4 is 9.47 Å². The zero-order valence-corrected chi connectivity index (χ0v) is 20.6. The molecule has 0 bridgehead atoms. The number of carbonyl (C=O) groups is 1. The van der Waals surface area contributed by atoms with Crippen molar-refractivity contribution < 1.29 is 23.4 Å². The highest BCUT2D eigenvalue weighted by molar-refractivity contribution is 8.16. The summed E-state index contributed by atoms with van der Waals surface area (Å²) in [6.45, 7) is 6.17. The predicted molar refractivity (Wildman–Crippen MR) is 131 cm³/mol. The average molecular weight is 503 g/mol. The van der Waals surface area contributed by atoms with Crippen LogP contribution in [0.3, 0.4) is 0 Å². The van der Waals surface area contributed by atoms with Gasteiger partial charge in [0.25, 0.3) is 0 Å². The van der Waals surface area contributed by atoms with Gasteiger partial charge in [0.2, 0.25) is 0 Å². The maximum absolute atomic E-state index is 13.6. The molecule has 0 amide bonds. The molecular weight excluding hydrogens is 479 g/mol. The number of allylic oxidation sites excluding steroid dienone is 1. The molecule has 2 aliphatic rings. The molecule has 2 aromatic carbocycles. The molecule has 0 unspecified atom stereocenters. The molecule has 0 aromatic heterocycles. The number of hydrogen-bond acceptors (Lipinski definition) is 7. The molecule has 0 aliphatic carbocycles. The minimum Gasteiger partial charge on any atom is -0.490 e. The lowest BCUT2D eigenvalue weighted by molar-refractivity contribution is -0.139. The normalized spacial score (nSPS) is 16.9. The van der Waals surface area contributed by atoms with E-state index in [2.05, 4.69) is 4.99 Å². The Kier molecular flexibility index (Phi) is 7.48. The molecule has 2 heterocycles. The van der Waals surface area contributed by atoms with Gasteiger partial charge in [-0.1, -0.05) is 35.5 Å². The van der Waals surface area contributed by atoms with Gasteiger partial charge in [0, 0.05) is 6.20 Å². The van der Waals surface area contributed by atoms with Gasteiger partial charge in [-0.15, -0.1) is 0 Å². The summed E-state index contributed by atoms with van der Waals surface area (Å²) in [4.78, 5) is 19.4. The van der Waals surface area contributed by atoms with Gasteiger partial charge in [0.1, 0.15) is 12.4 Å². The predicted octanol–water partition coefficient (Wildman–Crippen LogP) is 6.22. The summed E-state index contributed by atoms with van der Waals surface area (Å²) in [5.74, 6) is 0.0132. The van der Waals surface area contributed by atoms with Crippen LogP contribution in [0.5, 0.6) is 11.5 Å². The van der Waals surface area contributed by atoms with Crippen molar-refractivity contribution in [3.8, 4) is 11.5 Å². The maximum Gasteiger partial charge on any atom is 0.338 e. The fraction of sp³-hybridized carbons (Fsp3) is 0.280. The SMILES string of the molecule is CCOC(=O)C1=C(C)N=C2SC=CN2[C@H]1c1cc(Cl)c(OCc2cccc(F)c2)c(OCC)c1. The van der Waals surface area contributed by atoms with Crippen LogP contribution in [-0.4, -0.2) is 29.3 Å². The largest absolute Gasteiger partial charge is 0.490 e. The Hall–Kier alpha value is -2.97. The van der Waals surface area contributed by atoms with Gasteiger partial charge in [-0.05, 0) is 61.6 Å². The van der Waals surface area contributed by atoms with Crippen molar-refractivity contribution >= 4 is 34.5 Å². The third-order valence-corrected chi connectivity index (χ3v) is 6.29. The number of amidine groups is 1. The van der Waals surface area contributed by atoms with Crippen LogP contribution in [0.4, 0.5) is 4.39 Å². The van der Waals surface area contributed by atoms with Crippen LogP contribution in [0.2, 0.25) is 5.02 Å². The van der Waals surface area contributed by atoms with Crippen molar-refractivity contribution in [2.24, 2.45) is 4.99 Å². The molecule has 0 saturated carbocycles. The van der Waals surface area contributed by atoms with Gasteiger partial charge >= 0.3 is 5.97 Å². The molecule has 6 nitrogen and oxygen atoms in total. The van der Waals surface area contributed by atoms with Gasteiger partial charge in [0.05, 0.1) is 35.5 Å². The molecular formula is C25H24ClFN2O4S. The third kappa shape index (κ3) is 4.93. The van der Waals surface area contributed by atoms with Gasteiger partial charge < -0.3 is 19.1 Å². The van der Waals surface area contributed by atoms with Crippen LogP contribution in [0, 0.1) is 5.82 Å². The van der Waals surface area contributed by atoms with Crippen molar-refractivity contribution in [1.82, 2.24) is 4.90 Å². The number of halogens is 2. The fourth-order valence-corrected chi connectivity index (χ4v) is 4.89. The molecule has 9 heteroatoms. The van der Waals surface area contributed by atoms with Crippen molar-refractivity contribution in [1.29, 1.82) is 0 Å². The van der Waals surface area contributed by atoms with Crippen LogP contribution in [0.15, 0.2) is 64.3 Å². The minimum absolute atomic E-state index is 0.121. The van der Waals surface area contributed by atoms with E-state index in [1.54, 1.807) is 32.0 Å². The van der Waals surface area contributed by atoms with Gasteiger partial charge in [0.15, 0.2) is 16.7 Å². The number of thioether (sulfide) groups is 1. The first-order valence-corrected chi connectivity index (χ1v) is 12.1. The molecule has 0 N–H and O–H groups in total. The highest BCUT2D eigenvalue weighted by atomic mass is 35.5. The van der Waals surface area contributed by atoms with Gasteiger partial charge in [-0.3, -0.25) is 0 Å². The number of rotatable bonds is 8.